The maximum absolute atomic E-state index is 8.80. The highest BCUT2D eigenvalue weighted by Gasteiger charge is 2.36. The zero-order valence-corrected chi connectivity index (χ0v) is 12.7. The highest BCUT2D eigenvalue weighted by atomic mass is 16.2. The van der Waals surface area contributed by atoms with E-state index in [9.17, 15) is 0 Å². The third-order valence-electron chi connectivity index (χ3n) is 4.54. The van der Waals surface area contributed by atoms with Crippen molar-refractivity contribution in [2.45, 2.75) is 57.8 Å². The van der Waals surface area contributed by atoms with E-state index in [-0.39, 0.29) is 12.0 Å². The van der Waals surface area contributed by atoms with E-state index >= 15 is 0 Å². The van der Waals surface area contributed by atoms with Crippen molar-refractivity contribution in [3.05, 3.63) is 47.0 Å². The van der Waals surface area contributed by atoms with E-state index in [2.05, 4.69) is 45.9 Å². The molecule has 0 radical (unpaired) electrons. The Morgan fingerprint density at radius 3 is 2.26 bits per heavy atom. The van der Waals surface area contributed by atoms with E-state index in [1.165, 1.54) is 29.5 Å². The lowest BCUT2D eigenvalue weighted by Crippen LogP contribution is -2.33. The Hall–Kier alpha value is -1.08. The molecule has 0 unspecified atom stereocenters. The molecule has 0 atom stereocenters. The molecule has 0 aliphatic heterocycles. The molecular weight excluding hydrogens is 232 g/mol. The van der Waals surface area contributed by atoms with Crippen LogP contribution in [0, 0.1) is 0 Å². The molecule has 0 amide bonds. The SMILES string of the molecule is CC1(C)CCC(C)(C)c2cc(C/C=C\CO)ccc21. The van der Waals surface area contributed by atoms with Crippen LogP contribution >= 0.6 is 0 Å². The van der Waals surface area contributed by atoms with E-state index in [4.69, 9.17) is 5.11 Å². The normalized spacial score (nSPS) is 20.5. The lowest BCUT2D eigenvalue weighted by atomic mass is 9.63. The van der Waals surface area contributed by atoms with E-state index in [0.717, 1.165) is 6.42 Å². The van der Waals surface area contributed by atoms with Crippen LogP contribution in [-0.4, -0.2) is 11.7 Å². The summed E-state index contributed by atoms with van der Waals surface area (Å²) in [4.78, 5) is 0. The van der Waals surface area contributed by atoms with Crippen molar-refractivity contribution in [1.29, 1.82) is 0 Å². The fourth-order valence-corrected chi connectivity index (χ4v) is 3.06. The number of fused-ring (bicyclic) bond motifs is 1. The molecule has 1 N–H and O–H groups in total. The number of hydrogen-bond donors (Lipinski definition) is 1. The molecule has 0 saturated carbocycles. The van der Waals surface area contributed by atoms with Gasteiger partial charge in [0.25, 0.3) is 0 Å². The standard InChI is InChI=1S/C18H26O/c1-17(2)10-11-18(3,4)16-13-14(7-5-6-12-19)8-9-15(16)17/h5-6,8-9,13,19H,7,10-12H2,1-4H3/b6-5-. The predicted octanol–water partition coefficient (Wildman–Crippen LogP) is 4.13. The Kier molecular flexibility index (Phi) is 3.87. The van der Waals surface area contributed by atoms with Crippen LogP contribution in [-0.2, 0) is 17.3 Å². The Balaban J connectivity index is 2.39. The van der Waals surface area contributed by atoms with Crippen molar-refractivity contribution in [2.75, 3.05) is 6.61 Å². The fourth-order valence-electron chi connectivity index (χ4n) is 3.06. The van der Waals surface area contributed by atoms with Gasteiger partial charge in [-0.15, -0.1) is 0 Å². The molecule has 0 aromatic heterocycles. The van der Waals surface area contributed by atoms with Crippen LogP contribution in [0.5, 0.6) is 0 Å². The van der Waals surface area contributed by atoms with Gasteiger partial charge in [-0.25, -0.2) is 0 Å². The minimum absolute atomic E-state index is 0.128. The second kappa shape index (κ2) is 5.13. The topological polar surface area (TPSA) is 20.2 Å². The van der Waals surface area contributed by atoms with Gasteiger partial charge in [-0.3, -0.25) is 0 Å². The summed E-state index contributed by atoms with van der Waals surface area (Å²) in [7, 11) is 0. The van der Waals surface area contributed by atoms with Gasteiger partial charge in [0.15, 0.2) is 0 Å². The summed E-state index contributed by atoms with van der Waals surface area (Å²) < 4.78 is 0. The molecular formula is C18H26O. The van der Waals surface area contributed by atoms with Crippen LogP contribution in [0.2, 0.25) is 0 Å². The Labute approximate surface area is 117 Å². The summed E-state index contributed by atoms with van der Waals surface area (Å²) in [6.45, 7) is 9.55. The Morgan fingerprint density at radius 1 is 1.00 bits per heavy atom. The molecule has 0 heterocycles. The largest absolute Gasteiger partial charge is 0.392 e. The summed E-state index contributed by atoms with van der Waals surface area (Å²) in [5.41, 5.74) is 4.94. The van der Waals surface area contributed by atoms with Gasteiger partial charge in [0.1, 0.15) is 0 Å². The zero-order chi connectivity index (χ0) is 14.1. The summed E-state index contributed by atoms with van der Waals surface area (Å²) in [6.07, 6.45) is 7.28. The van der Waals surface area contributed by atoms with Crippen molar-refractivity contribution in [3.63, 3.8) is 0 Å². The van der Waals surface area contributed by atoms with Gasteiger partial charge in [0.2, 0.25) is 0 Å². The molecule has 1 aromatic carbocycles. The van der Waals surface area contributed by atoms with Gasteiger partial charge in [-0.05, 0) is 46.8 Å². The molecule has 1 nitrogen and oxygen atoms in total. The first-order chi connectivity index (χ1) is 8.87. The van der Waals surface area contributed by atoms with Crippen LogP contribution in [0.15, 0.2) is 30.4 Å². The van der Waals surface area contributed by atoms with Crippen LogP contribution in [0.1, 0.15) is 57.2 Å². The number of hydrogen-bond acceptors (Lipinski definition) is 1. The summed E-state index contributed by atoms with van der Waals surface area (Å²) >= 11 is 0. The van der Waals surface area contributed by atoms with Gasteiger partial charge < -0.3 is 5.11 Å². The van der Waals surface area contributed by atoms with Crippen LogP contribution in [0.4, 0.5) is 0 Å². The molecule has 0 spiro atoms. The molecule has 0 bridgehead atoms. The number of aliphatic hydroxyl groups excluding tert-OH is 1. The second-order valence-electron chi connectivity index (χ2n) is 7.01. The zero-order valence-electron chi connectivity index (χ0n) is 12.7. The number of benzene rings is 1. The average Bonchev–Trinajstić information content (AvgIpc) is 2.36. The van der Waals surface area contributed by atoms with E-state index in [0.29, 0.717) is 5.41 Å². The van der Waals surface area contributed by atoms with E-state index in [1.807, 2.05) is 12.2 Å². The monoisotopic (exact) mass is 258 g/mol. The second-order valence-corrected chi connectivity index (χ2v) is 7.01. The molecule has 0 saturated heterocycles. The predicted molar refractivity (Wildman–Crippen MR) is 81.7 cm³/mol. The molecule has 0 fully saturated rings. The van der Waals surface area contributed by atoms with Crippen molar-refractivity contribution < 1.29 is 5.11 Å². The molecule has 1 aliphatic carbocycles. The fraction of sp³-hybridized carbons (Fsp3) is 0.556. The van der Waals surface area contributed by atoms with Gasteiger partial charge in [0, 0.05) is 0 Å². The van der Waals surface area contributed by atoms with Crippen molar-refractivity contribution in [3.8, 4) is 0 Å². The quantitative estimate of drug-likeness (QED) is 0.808. The number of rotatable bonds is 3. The van der Waals surface area contributed by atoms with Gasteiger partial charge in [0.05, 0.1) is 6.61 Å². The summed E-state index contributed by atoms with van der Waals surface area (Å²) in [5.74, 6) is 0. The van der Waals surface area contributed by atoms with Crippen LogP contribution in [0.25, 0.3) is 0 Å². The minimum Gasteiger partial charge on any atom is -0.392 e. The molecule has 104 valence electrons. The van der Waals surface area contributed by atoms with Gasteiger partial charge >= 0.3 is 0 Å². The Bertz CT molecular complexity index is 480. The molecule has 1 heteroatoms. The first kappa shape index (κ1) is 14.3. The summed E-state index contributed by atoms with van der Waals surface area (Å²) in [5, 5.41) is 8.80. The summed E-state index contributed by atoms with van der Waals surface area (Å²) in [6, 6.07) is 6.93. The molecule has 19 heavy (non-hydrogen) atoms. The van der Waals surface area contributed by atoms with Crippen molar-refractivity contribution >= 4 is 0 Å². The third kappa shape index (κ3) is 2.92. The van der Waals surface area contributed by atoms with Gasteiger partial charge in [-0.2, -0.15) is 0 Å². The maximum Gasteiger partial charge on any atom is 0.0612 e. The highest BCUT2D eigenvalue weighted by molar-refractivity contribution is 5.43. The Morgan fingerprint density at radius 2 is 1.63 bits per heavy atom. The first-order valence-electron chi connectivity index (χ1n) is 7.26. The average molecular weight is 258 g/mol. The first-order valence-corrected chi connectivity index (χ1v) is 7.26. The van der Waals surface area contributed by atoms with Gasteiger partial charge in [-0.1, -0.05) is 58.0 Å². The number of aliphatic hydroxyl groups is 1. The molecule has 1 aromatic rings. The molecule has 1 aliphatic rings. The van der Waals surface area contributed by atoms with Crippen LogP contribution < -0.4 is 0 Å². The van der Waals surface area contributed by atoms with E-state index < -0.39 is 0 Å². The minimum atomic E-state index is 0.128. The van der Waals surface area contributed by atoms with E-state index in [1.54, 1.807) is 0 Å². The smallest absolute Gasteiger partial charge is 0.0612 e. The van der Waals surface area contributed by atoms with Crippen LogP contribution in [0.3, 0.4) is 0 Å². The van der Waals surface area contributed by atoms with Crippen molar-refractivity contribution in [2.24, 2.45) is 0 Å². The maximum atomic E-state index is 8.80. The number of allylic oxidation sites excluding steroid dienone is 1. The highest BCUT2D eigenvalue weighted by Crippen LogP contribution is 2.45. The van der Waals surface area contributed by atoms with Crippen molar-refractivity contribution in [1.82, 2.24) is 0 Å². The molecule has 2 rings (SSSR count). The third-order valence-corrected chi connectivity index (χ3v) is 4.54. The lowest BCUT2D eigenvalue weighted by molar-refractivity contribution is 0.331. The lowest BCUT2D eigenvalue weighted by Gasteiger charge is -2.42.